The maximum atomic E-state index is 12.5. The van der Waals surface area contributed by atoms with Crippen LogP contribution in [-0.4, -0.2) is 40.9 Å². The number of carbonyl (C=O) groups is 3. The minimum atomic E-state index is -0.601. The fraction of sp³-hybridized carbons (Fsp3) is 0.500. The molecule has 1 heterocycles. The predicted octanol–water partition coefficient (Wildman–Crippen LogP) is 3.23. The molecule has 2 amide bonds. The number of anilines is 1. The van der Waals surface area contributed by atoms with Gasteiger partial charge in [-0.3, -0.25) is 14.5 Å². The molecule has 0 aliphatic carbocycles. The van der Waals surface area contributed by atoms with Crippen molar-refractivity contribution in [2.45, 2.75) is 52.2 Å². The molecule has 1 fully saturated rings. The standard InChI is InChI=1S/C18H24N2O4/c1-12(21)13-7-5-8-14(11-13)19-16(22)15-9-6-10-20(15)17(23)24-18(2,3)4/h5,7-8,11,15H,6,9-10H2,1-4H3,(H,19,22)/t15-/m1/s1. The summed E-state index contributed by atoms with van der Waals surface area (Å²) in [4.78, 5) is 37.7. The van der Waals surface area contributed by atoms with Crippen molar-refractivity contribution in [1.82, 2.24) is 4.90 Å². The Morgan fingerprint density at radius 2 is 1.96 bits per heavy atom. The fourth-order valence-corrected chi connectivity index (χ4v) is 2.62. The molecule has 1 saturated heterocycles. The van der Waals surface area contributed by atoms with Crippen molar-refractivity contribution in [2.24, 2.45) is 0 Å². The molecule has 0 aromatic heterocycles. The van der Waals surface area contributed by atoms with E-state index in [1.807, 2.05) is 0 Å². The van der Waals surface area contributed by atoms with Gasteiger partial charge in [-0.2, -0.15) is 0 Å². The number of ether oxygens (including phenoxy) is 1. The topological polar surface area (TPSA) is 75.7 Å². The van der Waals surface area contributed by atoms with Gasteiger partial charge in [-0.25, -0.2) is 4.79 Å². The Morgan fingerprint density at radius 1 is 1.25 bits per heavy atom. The molecule has 0 spiro atoms. The third kappa shape index (κ3) is 4.57. The van der Waals surface area contributed by atoms with Crippen LogP contribution >= 0.6 is 0 Å². The van der Waals surface area contributed by atoms with E-state index in [9.17, 15) is 14.4 Å². The van der Waals surface area contributed by atoms with Crippen LogP contribution in [0.5, 0.6) is 0 Å². The molecule has 130 valence electrons. The lowest BCUT2D eigenvalue weighted by atomic mass is 10.1. The van der Waals surface area contributed by atoms with Crippen LogP contribution in [0.3, 0.4) is 0 Å². The second-order valence-corrected chi connectivity index (χ2v) is 6.96. The van der Waals surface area contributed by atoms with Crippen LogP contribution in [0.4, 0.5) is 10.5 Å². The highest BCUT2D eigenvalue weighted by Crippen LogP contribution is 2.22. The van der Waals surface area contributed by atoms with E-state index in [0.29, 0.717) is 24.2 Å². The SMILES string of the molecule is CC(=O)c1cccc(NC(=O)[C@H]2CCCN2C(=O)OC(C)(C)C)c1. The first-order chi connectivity index (χ1) is 11.2. The van der Waals surface area contributed by atoms with E-state index in [-0.39, 0.29) is 11.7 Å². The smallest absolute Gasteiger partial charge is 0.410 e. The molecule has 24 heavy (non-hydrogen) atoms. The van der Waals surface area contributed by atoms with Gasteiger partial charge in [0.25, 0.3) is 0 Å². The number of nitrogens with one attached hydrogen (secondary N) is 1. The van der Waals surface area contributed by atoms with Gasteiger partial charge in [0, 0.05) is 17.8 Å². The first-order valence-electron chi connectivity index (χ1n) is 8.09. The zero-order valence-corrected chi connectivity index (χ0v) is 14.6. The molecule has 1 aliphatic heterocycles. The van der Waals surface area contributed by atoms with Gasteiger partial charge < -0.3 is 10.1 Å². The summed E-state index contributed by atoms with van der Waals surface area (Å²) in [5, 5.41) is 2.79. The van der Waals surface area contributed by atoms with E-state index >= 15 is 0 Å². The molecule has 1 aliphatic rings. The number of hydrogen-bond acceptors (Lipinski definition) is 4. The van der Waals surface area contributed by atoms with Crippen LogP contribution in [-0.2, 0) is 9.53 Å². The molecule has 6 heteroatoms. The molecular weight excluding hydrogens is 308 g/mol. The van der Waals surface area contributed by atoms with Crippen LogP contribution in [0, 0.1) is 0 Å². The number of amides is 2. The Kier molecular flexibility index (Phi) is 5.26. The van der Waals surface area contributed by atoms with Gasteiger partial charge in [-0.05, 0) is 52.7 Å². The summed E-state index contributed by atoms with van der Waals surface area (Å²) in [6.07, 6.45) is 0.875. The maximum absolute atomic E-state index is 12.5. The summed E-state index contributed by atoms with van der Waals surface area (Å²) in [7, 11) is 0. The van der Waals surface area contributed by atoms with Crippen LogP contribution < -0.4 is 5.32 Å². The third-order valence-corrected chi connectivity index (χ3v) is 3.72. The molecule has 0 radical (unpaired) electrons. The highest BCUT2D eigenvalue weighted by molar-refractivity contribution is 5.99. The summed E-state index contributed by atoms with van der Waals surface area (Å²) in [6, 6.07) is 6.21. The van der Waals surface area contributed by atoms with Crippen molar-refractivity contribution in [2.75, 3.05) is 11.9 Å². The number of ketones is 1. The molecule has 1 aromatic carbocycles. The van der Waals surface area contributed by atoms with Gasteiger partial charge in [-0.1, -0.05) is 12.1 Å². The Balaban J connectivity index is 2.07. The summed E-state index contributed by atoms with van der Waals surface area (Å²) in [5.74, 6) is -0.332. The minimum absolute atomic E-state index is 0.0673. The van der Waals surface area contributed by atoms with E-state index < -0.39 is 17.7 Å². The molecule has 6 nitrogen and oxygen atoms in total. The van der Waals surface area contributed by atoms with Crippen molar-refractivity contribution in [3.05, 3.63) is 29.8 Å². The molecular formula is C18H24N2O4. The molecule has 0 unspecified atom stereocenters. The number of rotatable bonds is 3. The quantitative estimate of drug-likeness (QED) is 0.862. The van der Waals surface area contributed by atoms with E-state index in [1.54, 1.807) is 45.0 Å². The Morgan fingerprint density at radius 3 is 2.58 bits per heavy atom. The first kappa shape index (κ1) is 18.0. The molecule has 1 aromatic rings. The average molecular weight is 332 g/mol. The maximum Gasteiger partial charge on any atom is 0.410 e. The van der Waals surface area contributed by atoms with E-state index in [4.69, 9.17) is 4.74 Å². The third-order valence-electron chi connectivity index (χ3n) is 3.72. The van der Waals surface area contributed by atoms with E-state index in [1.165, 1.54) is 11.8 Å². The number of carbonyl (C=O) groups excluding carboxylic acids is 3. The van der Waals surface area contributed by atoms with Crippen molar-refractivity contribution < 1.29 is 19.1 Å². The minimum Gasteiger partial charge on any atom is -0.444 e. The highest BCUT2D eigenvalue weighted by Gasteiger charge is 2.36. The zero-order valence-electron chi connectivity index (χ0n) is 14.6. The van der Waals surface area contributed by atoms with E-state index in [2.05, 4.69) is 5.32 Å². The summed E-state index contributed by atoms with van der Waals surface area (Å²) >= 11 is 0. The van der Waals surface area contributed by atoms with Crippen molar-refractivity contribution in [3.63, 3.8) is 0 Å². The monoisotopic (exact) mass is 332 g/mol. The normalized spacial score (nSPS) is 17.5. The Labute approximate surface area is 142 Å². The zero-order chi connectivity index (χ0) is 17.9. The van der Waals surface area contributed by atoms with Crippen LogP contribution in [0.15, 0.2) is 24.3 Å². The van der Waals surface area contributed by atoms with Gasteiger partial charge >= 0.3 is 6.09 Å². The number of nitrogens with zero attached hydrogens (tertiary/aromatic N) is 1. The second kappa shape index (κ2) is 7.03. The van der Waals surface area contributed by atoms with Crippen molar-refractivity contribution in [3.8, 4) is 0 Å². The van der Waals surface area contributed by atoms with Crippen molar-refractivity contribution >= 4 is 23.5 Å². The van der Waals surface area contributed by atoms with Crippen LogP contribution in [0.25, 0.3) is 0 Å². The molecule has 0 bridgehead atoms. The Bertz CT molecular complexity index is 649. The highest BCUT2D eigenvalue weighted by atomic mass is 16.6. The Hall–Kier alpha value is -2.37. The lowest BCUT2D eigenvalue weighted by Crippen LogP contribution is -2.45. The lowest BCUT2D eigenvalue weighted by Gasteiger charge is -2.28. The lowest BCUT2D eigenvalue weighted by molar-refractivity contribution is -0.120. The van der Waals surface area contributed by atoms with Gasteiger partial charge in [0.05, 0.1) is 0 Å². The van der Waals surface area contributed by atoms with Gasteiger partial charge in [0.1, 0.15) is 11.6 Å². The summed E-state index contributed by atoms with van der Waals surface area (Å²) < 4.78 is 5.37. The van der Waals surface area contributed by atoms with Crippen molar-refractivity contribution in [1.29, 1.82) is 0 Å². The van der Waals surface area contributed by atoms with Gasteiger partial charge in [-0.15, -0.1) is 0 Å². The fourth-order valence-electron chi connectivity index (χ4n) is 2.62. The summed E-state index contributed by atoms with van der Waals surface area (Å²) in [6.45, 7) is 7.36. The van der Waals surface area contributed by atoms with Gasteiger partial charge in [0.2, 0.25) is 5.91 Å². The first-order valence-corrected chi connectivity index (χ1v) is 8.09. The van der Waals surface area contributed by atoms with Gasteiger partial charge in [0.15, 0.2) is 5.78 Å². The molecule has 1 N–H and O–H groups in total. The van der Waals surface area contributed by atoms with Crippen LogP contribution in [0.1, 0.15) is 50.9 Å². The largest absolute Gasteiger partial charge is 0.444 e. The average Bonchev–Trinajstić information content (AvgIpc) is 2.95. The summed E-state index contributed by atoms with van der Waals surface area (Å²) in [5.41, 5.74) is 0.475. The number of hydrogen-bond donors (Lipinski definition) is 1. The van der Waals surface area contributed by atoms with Crippen LogP contribution in [0.2, 0.25) is 0 Å². The molecule has 2 rings (SSSR count). The molecule has 1 atom stereocenters. The number of likely N-dealkylation sites (tertiary alicyclic amines) is 1. The number of benzene rings is 1. The second-order valence-electron chi connectivity index (χ2n) is 6.96. The number of Topliss-reactive ketones (excluding diaryl/α,β-unsaturated/α-hetero) is 1. The predicted molar refractivity (Wildman–Crippen MR) is 91.0 cm³/mol. The molecule has 0 saturated carbocycles. The van der Waals surface area contributed by atoms with E-state index in [0.717, 1.165) is 6.42 Å².